The van der Waals surface area contributed by atoms with Gasteiger partial charge in [0, 0.05) is 32.1 Å². The van der Waals surface area contributed by atoms with Crippen molar-refractivity contribution in [3.8, 4) is 0 Å². The maximum Gasteiger partial charge on any atom is 0.225 e. The highest BCUT2D eigenvalue weighted by Crippen LogP contribution is 2.28. The van der Waals surface area contributed by atoms with Crippen LogP contribution < -0.4 is 0 Å². The van der Waals surface area contributed by atoms with Gasteiger partial charge in [0.1, 0.15) is 0 Å². The van der Waals surface area contributed by atoms with Gasteiger partial charge in [-0.15, -0.1) is 0 Å². The van der Waals surface area contributed by atoms with Crippen molar-refractivity contribution in [3.05, 3.63) is 0 Å². The fourth-order valence-electron chi connectivity index (χ4n) is 2.18. The van der Waals surface area contributed by atoms with E-state index in [0.717, 1.165) is 38.8 Å². The van der Waals surface area contributed by atoms with Gasteiger partial charge < -0.3 is 9.80 Å². The van der Waals surface area contributed by atoms with Crippen LogP contribution in [0.5, 0.6) is 0 Å². The molecule has 2 rings (SSSR count). The molecule has 0 unspecified atom stereocenters. The molecule has 1 heterocycles. The molecule has 1 saturated heterocycles. The molecular weight excluding hydrogens is 192 g/mol. The van der Waals surface area contributed by atoms with Crippen molar-refractivity contribution in [2.45, 2.75) is 25.7 Å². The van der Waals surface area contributed by atoms with Crippen LogP contribution in [0.3, 0.4) is 0 Å². The van der Waals surface area contributed by atoms with Gasteiger partial charge in [-0.05, 0) is 19.3 Å². The molecule has 2 fully saturated rings. The zero-order valence-corrected chi connectivity index (χ0v) is 9.02. The molecule has 84 valence electrons. The zero-order valence-electron chi connectivity index (χ0n) is 9.02. The average Bonchev–Trinajstić information content (AvgIpc) is 2.39. The van der Waals surface area contributed by atoms with E-state index in [1.807, 2.05) is 4.90 Å². The van der Waals surface area contributed by atoms with Crippen LogP contribution in [0, 0.1) is 5.92 Å². The summed E-state index contributed by atoms with van der Waals surface area (Å²) in [6.45, 7) is 3.02. The summed E-state index contributed by atoms with van der Waals surface area (Å²) in [6, 6.07) is 0. The van der Waals surface area contributed by atoms with Crippen LogP contribution in [-0.4, -0.2) is 48.3 Å². The number of carbonyl (C=O) groups excluding carboxylic acids is 2. The van der Waals surface area contributed by atoms with Crippen LogP contribution in [0.15, 0.2) is 0 Å². The third-order valence-corrected chi connectivity index (χ3v) is 3.45. The van der Waals surface area contributed by atoms with Gasteiger partial charge >= 0.3 is 0 Å². The Morgan fingerprint density at radius 2 is 1.87 bits per heavy atom. The van der Waals surface area contributed by atoms with E-state index in [-0.39, 0.29) is 5.92 Å². The SMILES string of the molecule is O=CN1CCCN(C(=O)C2CCC2)CC1. The molecule has 0 bridgehead atoms. The number of hydrogen-bond donors (Lipinski definition) is 0. The van der Waals surface area contributed by atoms with Gasteiger partial charge in [-0.25, -0.2) is 0 Å². The molecule has 2 aliphatic rings. The molecule has 1 aliphatic heterocycles. The largest absolute Gasteiger partial charge is 0.343 e. The van der Waals surface area contributed by atoms with Crippen molar-refractivity contribution in [1.29, 1.82) is 0 Å². The fourth-order valence-corrected chi connectivity index (χ4v) is 2.18. The summed E-state index contributed by atoms with van der Waals surface area (Å²) in [5, 5.41) is 0. The Hall–Kier alpha value is -1.06. The summed E-state index contributed by atoms with van der Waals surface area (Å²) < 4.78 is 0. The van der Waals surface area contributed by atoms with Crippen LogP contribution in [0.25, 0.3) is 0 Å². The Kier molecular flexibility index (Phi) is 3.23. The van der Waals surface area contributed by atoms with E-state index in [4.69, 9.17) is 0 Å². The topological polar surface area (TPSA) is 40.6 Å². The van der Waals surface area contributed by atoms with Crippen LogP contribution in [0.4, 0.5) is 0 Å². The van der Waals surface area contributed by atoms with E-state index in [0.29, 0.717) is 19.0 Å². The highest BCUT2D eigenvalue weighted by molar-refractivity contribution is 5.79. The second-order valence-electron chi connectivity index (χ2n) is 4.45. The van der Waals surface area contributed by atoms with Gasteiger partial charge in [-0.3, -0.25) is 9.59 Å². The average molecular weight is 210 g/mol. The Labute approximate surface area is 90.2 Å². The minimum atomic E-state index is 0.285. The highest BCUT2D eigenvalue weighted by Gasteiger charge is 2.29. The number of nitrogens with zero attached hydrogens (tertiary/aromatic N) is 2. The van der Waals surface area contributed by atoms with Gasteiger partial charge in [-0.1, -0.05) is 6.42 Å². The maximum absolute atomic E-state index is 11.9. The summed E-state index contributed by atoms with van der Waals surface area (Å²) in [4.78, 5) is 26.3. The van der Waals surface area contributed by atoms with E-state index < -0.39 is 0 Å². The molecule has 1 aliphatic carbocycles. The molecule has 0 aromatic carbocycles. The predicted molar refractivity (Wildman–Crippen MR) is 56.2 cm³/mol. The normalized spacial score (nSPS) is 23.2. The van der Waals surface area contributed by atoms with E-state index in [9.17, 15) is 9.59 Å². The standard InChI is InChI=1S/C11H18N2O2/c14-9-12-5-2-6-13(8-7-12)11(15)10-3-1-4-10/h9-10H,1-8H2. The summed E-state index contributed by atoms with van der Waals surface area (Å²) >= 11 is 0. The second kappa shape index (κ2) is 4.64. The number of amides is 2. The van der Waals surface area contributed by atoms with Gasteiger partial charge in [0.25, 0.3) is 0 Å². The van der Waals surface area contributed by atoms with Crippen molar-refractivity contribution in [2.24, 2.45) is 5.92 Å². The summed E-state index contributed by atoms with van der Waals surface area (Å²) in [7, 11) is 0. The van der Waals surface area contributed by atoms with E-state index in [1.165, 1.54) is 6.42 Å². The van der Waals surface area contributed by atoms with Gasteiger partial charge in [0.05, 0.1) is 0 Å². The molecule has 0 N–H and O–H groups in total. The first kappa shape index (κ1) is 10.5. The Morgan fingerprint density at radius 1 is 1.07 bits per heavy atom. The smallest absolute Gasteiger partial charge is 0.225 e. The first-order chi connectivity index (χ1) is 7.31. The van der Waals surface area contributed by atoms with Gasteiger partial charge in [0.2, 0.25) is 12.3 Å². The Balaban J connectivity index is 1.86. The molecule has 1 saturated carbocycles. The number of hydrogen-bond acceptors (Lipinski definition) is 2. The van der Waals surface area contributed by atoms with Crippen molar-refractivity contribution < 1.29 is 9.59 Å². The van der Waals surface area contributed by atoms with Crippen molar-refractivity contribution in [3.63, 3.8) is 0 Å². The molecule has 2 amide bonds. The third kappa shape index (κ3) is 2.30. The van der Waals surface area contributed by atoms with E-state index >= 15 is 0 Å². The summed E-state index contributed by atoms with van der Waals surface area (Å²) in [5.41, 5.74) is 0. The summed E-state index contributed by atoms with van der Waals surface area (Å²) in [6.07, 6.45) is 5.12. The summed E-state index contributed by atoms with van der Waals surface area (Å²) in [5.74, 6) is 0.599. The number of carbonyl (C=O) groups is 2. The van der Waals surface area contributed by atoms with Gasteiger partial charge in [0.15, 0.2) is 0 Å². The van der Waals surface area contributed by atoms with Crippen LogP contribution >= 0.6 is 0 Å². The number of rotatable bonds is 2. The molecular formula is C11H18N2O2. The minimum Gasteiger partial charge on any atom is -0.343 e. The molecule has 0 atom stereocenters. The lowest BCUT2D eigenvalue weighted by atomic mass is 9.84. The Bertz CT molecular complexity index is 251. The lowest BCUT2D eigenvalue weighted by molar-refractivity contribution is -0.138. The molecule has 15 heavy (non-hydrogen) atoms. The first-order valence-electron chi connectivity index (χ1n) is 5.79. The monoisotopic (exact) mass is 210 g/mol. The molecule has 0 radical (unpaired) electrons. The first-order valence-corrected chi connectivity index (χ1v) is 5.79. The maximum atomic E-state index is 11.9. The lowest BCUT2D eigenvalue weighted by Gasteiger charge is -2.30. The lowest BCUT2D eigenvalue weighted by Crippen LogP contribution is -2.40. The highest BCUT2D eigenvalue weighted by atomic mass is 16.2. The molecule has 4 heteroatoms. The second-order valence-corrected chi connectivity index (χ2v) is 4.45. The zero-order chi connectivity index (χ0) is 10.7. The van der Waals surface area contributed by atoms with Crippen molar-refractivity contribution in [1.82, 2.24) is 9.80 Å². The van der Waals surface area contributed by atoms with E-state index in [1.54, 1.807) is 4.90 Å². The van der Waals surface area contributed by atoms with Crippen molar-refractivity contribution >= 4 is 12.3 Å². The fraction of sp³-hybridized carbons (Fsp3) is 0.818. The Morgan fingerprint density at radius 3 is 2.47 bits per heavy atom. The quantitative estimate of drug-likeness (QED) is 0.622. The van der Waals surface area contributed by atoms with Gasteiger partial charge in [-0.2, -0.15) is 0 Å². The third-order valence-electron chi connectivity index (χ3n) is 3.45. The van der Waals surface area contributed by atoms with Crippen LogP contribution in [0.1, 0.15) is 25.7 Å². The van der Waals surface area contributed by atoms with Crippen LogP contribution in [-0.2, 0) is 9.59 Å². The molecule has 0 aromatic heterocycles. The predicted octanol–water partition coefficient (Wildman–Crippen LogP) is 0.477. The molecule has 0 spiro atoms. The molecule has 4 nitrogen and oxygen atoms in total. The minimum absolute atomic E-state index is 0.285. The van der Waals surface area contributed by atoms with Crippen molar-refractivity contribution in [2.75, 3.05) is 26.2 Å². The van der Waals surface area contributed by atoms with E-state index in [2.05, 4.69) is 0 Å². The van der Waals surface area contributed by atoms with Crippen LogP contribution in [0.2, 0.25) is 0 Å². The molecule has 0 aromatic rings.